The second-order valence-electron chi connectivity index (χ2n) is 9.14. The summed E-state index contributed by atoms with van der Waals surface area (Å²) in [5.74, 6) is -0.385. The summed E-state index contributed by atoms with van der Waals surface area (Å²) in [5, 5.41) is 2.84. The number of rotatable bonds is 12. The molecular formula is C29H34BrN3O5S. The Hall–Kier alpha value is -3.37. The van der Waals surface area contributed by atoms with Gasteiger partial charge in [0.2, 0.25) is 11.8 Å². The molecule has 0 heterocycles. The zero-order chi connectivity index (χ0) is 28.6. The summed E-state index contributed by atoms with van der Waals surface area (Å²) in [6.45, 7) is 5.53. The van der Waals surface area contributed by atoms with E-state index in [2.05, 4.69) is 21.2 Å². The van der Waals surface area contributed by atoms with E-state index in [1.54, 1.807) is 43.3 Å². The predicted molar refractivity (Wildman–Crippen MR) is 156 cm³/mol. The average Bonchev–Trinajstić information content (AvgIpc) is 2.93. The SMILES string of the molecule is CCCNC(=O)[C@H](C)N(Cc1cccc(Br)c1)C(=O)CN(c1cccc(OC)c1)S(=O)(=O)c1ccc(C)cc1. The van der Waals surface area contributed by atoms with Gasteiger partial charge in [-0.15, -0.1) is 0 Å². The minimum Gasteiger partial charge on any atom is -0.497 e. The van der Waals surface area contributed by atoms with Crippen molar-refractivity contribution in [3.8, 4) is 5.75 Å². The van der Waals surface area contributed by atoms with E-state index < -0.39 is 28.5 Å². The molecule has 0 aliphatic heterocycles. The van der Waals surface area contributed by atoms with Crippen molar-refractivity contribution in [1.29, 1.82) is 0 Å². The molecule has 208 valence electrons. The summed E-state index contributed by atoms with van der Waals surface area (Å²) in [6.07, 6.45) is 0.746. The van der Waals surface area contributed by atoms with Crippen LogP contribution in [0.1, 0.15) is 31.4 Å². The highest BCUT2D eigenvalue weighted by molar-refractivity contribution is 9.10. The van der Waals surface area contributed by atoms with E-state index >= 15 is 0 Å². The first kappa shape index (κ1) is 30.2. The number of hydrogen-bond acceptors (Lipinski definition) is 5. The number of carbonyl (C=O) groups excluding carboxylic acids is 2. The van der Waals surface area contributed by atoms with Gasteiger partial charge in [0.05, 0.1) is 17.7 Å². The number of anilines is 1. The van der Waals surface area contributed by atoms with Crippen molar-refractivity contribution < 1.29 is 22.7 Å². The van der Waals surface area contributed by atoms with Crippen LogP contribution in [0.3, 0.4) is 0 Å². The summed E-state index contributed by atoms with van der Waals surface area (Å²) in [6, 6.07) is 19.6. The van der Waals surface area contributed by atoms with Crippen molar-refractivity contribution in [2.24, 2.45) is 0 Å². The third-order valence-electron chi connectivity index (χ3n) is 6.19. The molecule has 0 fully saturated rings. The molecule has 39 heavy (non-hydrogen) atoms. The molecule has 3 rings (SSSR count). The zero-order valence-electron chi connectivity index (χ0n) is 22.6. The van der Waals surface area contributed by atoms with E-state index in [0.717, 1.165) is 26.3 Å². The minimum atomic E-state index is -4.14. The fourth-order valence-corrected chi connectivity index (χ4v) is 5.80. The van der Waals surface area contributed by atoms with Crippen molar-refractivity contribution >= 4 is 43.5 Å². The molecule has 0 bridgehead atoms. The van der Waals surface area contributed by atoms with Gasteiger partial charge in [0.25, 0.3) is 10.0 Å². The Bertz CT molecular complexity index is 1400. The van der Waals surface area contributed by atoms with Crippen LogP contribution in [-0.4, -0.2) is 51.4 Å². The number of carbonyl (C=O) groups is 2. The first-order valence-electron chi connectivity index (χ1n) is 12.6. The number of nitrogens with one attached hydrogen (secondary N) is 1. The van der Waals surface area contributed by atoms with Gasteiger partial charge in [-0.2, -0.15) is 0 Å². The Balaban J connectivity index is 2.04. The molecule has 1 atom stereocenters. The van der Waals surface area contributed by atoms with E-state index in [1.165, 1.54) is 24.1 Å². The normalized spacial score (nSPS) is 11.9. The summed E-state index contributed by atoms with van der Waals surface area (Å²) in [4.78, 5) is 28.3. The summed E-state index contributed by atoms with van der Waals surface area (Å²) < 4.78 is 35.0. The molecule has 3 aromatic rings. The highest BCUT2D eigenvalue weighted by atomic mass is 79.9. The third kappa shape index (κ3) is 7.83. The van der Waals surface area contributed by atoms with Gasteiger partial charge in [0, 0.05) is 23.6 Å². The lowest BCUT2D eigenvalue weighted by Crippen LogP contribution is -2.51. The number of methoxy groups -OCH3 is 1. The molecule has 2 amide bonds. The molecule has 0 aliphatic carbocycles. The predicted octanol–water partition coefficient (Wildman–Crippen LogP) is 4.90. The van der Waals surface area contributed by atoms with Gasteiger partial charge in [0.15, 0.2) is 0 Å². The van der Waals surface area contributed by atoms with Gasteiger partial charge >= 0.3 is 0 Å². The number of sulfonamides is 1. The molecule has 0 saturated heterocycles. The van der Waals surface area contributed by atoms with Gasteiger partial charge in [-0.05, 0) is 62.2 Å². The molecule has 1 N–H and O–H groups in total. The number of hydrogen-bond donors (Lipinski definition) is 1. The lowest BCUT2D eigenvalue weighted by Gasteiger charge is -2.32. The lowest BCUT2D eigenvalue weighted by atomic mass is 10.1. The molecule has 8 nitrogen and oxygen atoms in total. The van der Waals surface area contributed by atoms with Crippen molar-refractivity contribution in [3.63, 3.8) is 0 Å². The van der Waals surface area contributed by atoms with Gasteiger partial charge in [-0.1, -0.05) is 58.7 Å². The number of aryl methyl sites for hydroxylation is 1. The smallest absolute Gasteiger partial charge is 0.264 e. The number of ether oxygens (including phenoxy) is 1. The van der Waals surface area contributed by atoms with Crippen molar-refractivity contribution in [1.82, 2.24) is 10.2 Å². The first-order chi connectivity index (χ1) is 18.6. The fourth-order valence-electron chi connectivity index (χ4n) is 3.94. The maximum atomic E-state index is 13.9. The standard InChI is InChI=1S/C29H34BrN3O5S/c1-5-16-31-29(35)22(3)32(19-23-8-6-9-24(30)17-23)28(34)20-33(25-10-7-11-26(18-25)38-4)39(36,37)27-14-12-21(2)13-15-27/h6-15,17-18,22H,5,16,19-20H2,1-4H3,(H,31,35)/t22-/m0/s1. The number of halogens is 1. The van der Waals surface area contributed by atoms with Crippen LogP contribution in [0.5, 0.6) is 5.75 Å². The summed E-state index contributed by atoms with van der Waals surface area (Å²) in [5.41, 5.74) is 1.97. The van der Waals surface area contributed by atoms with Crippen LogP contribution >= 0.6 is 15.9 Å². The number of amides is 2. The van der Waals surface area contributed by atoms with Crippen molar-refractivity contribution in [2.75, 3.05) is 24.5 Å². The van der Waals surface area contributed by atoms with E-state index in [0.29, 0.717) is 12.3 Å². The quantitative estimate of drug-likeness (QED) is 0.312. The maximum Gasteiger partial charge on any atom is 0.264 e. The Morgan fingerprint density at radius 3 is 2.36 bits per heavy atom. The molecule has 0 aromatic heterocycles. The Labute approximate surface area is 239 Å². The molecule has 0 aliphatic rings. The highest BCUT2D eigenvalue weighted by Crippen LogP contribution is 2.28. The molecule has 0 unspecified atom stereocenters. The van der Waals surface area contributed by atoms with E-state index in [9.17, 15) is 18.0 Å². The second kappa shape index (κ2) is 13.6. The van der Waals surface area contributed by atoms with E-state index in [1.807, 2.05) is 38.1 Å². The lowest BCUT2D eigenvalue weighted by molar-refractivity contribution is -0.139. The highest BCUT2D eigenvalue weighted by Gasteiger charge is 2.32. The molecule has 0 saturated carbocycles. The van der Waals surface area contributed by atoms with Gasteiger partial charge < -0.3 is 15.0 Å². The van der Waals surface area contributed by atoms with Gasteiger partial charge in [-0.25, -0.2) is 8.42 Å². The maximum absolute atomic E-state index is 13.9. The van der Waals surface area contributed by atoms with Crippen LogP contribution < -0.4 is 14.4 Å². The van der Waals surface area contributed by atoms with Crippen LogP contribution in [0.2, 0.25) is 0 Å². The molecule has 3 aromatic carbocycles. The first-order valence-corrected chi connectivity index (χ1v) is 14.8. The van der Waals surface area contributed by atoms with E-state index in [4.69, 9.17) is 4.74 Å². The van der Waals surface area contributed by atoms with Crippen LogP contribution in [0.15, 0.2) is 82.2 Å². The fraction of sp³-hybridized carbons (Fsp3) is 0.310. The topological polar surface area (TPSA) is 96.0 Å². The van der Waals surface area contributed by atoms with Crippen LogP contribution in [0, 0.1) is 6.92 Å². The minimum absolute atomic E-state index is 0.0518. The van der Waals surface area contributed by atoms with Crippen LogP contribution in [-0.2, 0) is 26.2 Å². The summed E-state index contributed by atoms with van der Waals surface area (Å²) in [7, 11) is -2.66. The molecule has 10 heteroatoms. The Morgan fingerprint density at radius 2 is 1.72 bits per heavy atom. The largest absolute Gasteiger partial charge is 0.497 e. The second-order valence-corrected chi connectivity index (χ2v) is 11.9. The Morgan fingerprint density at radius 1 is 1.03 bits per heavy atom. The Kier molecular flexibility index (Phi) is 10.5. The van der Waals surface area contributed by atoms with Crippen LogP contribution in [0.25, 0.3) is 0 Å². The monoisotopic (exact) mass is 615 g/mol. The number of nitrogens with zero attached hydrogens (tertiary/aromatic N) is 2. The van der Waals surface area contributed by atoms with Crippen molar-refractivity contribution in [2.45, 2.75) is 44.7 Å². The molecule has 0 radical (unpaired) electrons. The molecule has 0 spiro atoms. The zero-order valence-corrected chi connectivity index (χ0v) is 25.0. The van der Waals surface area contributed by atoms with Crippen LogP contribution in [0.4, 0.5) is 5.69 Å². The average molecular weight is 617 g/mol. The number of benzene rings is 3. The van der Waals surface area contributed by atoms with E-state index in [-0.39, 0.29) is 23.0 Å². The van der Waals surface area contributed by atoms with Gasteiger partial charge in [-0.3, -0.25) is 13.9 Å². The van der Waals surface area contributed by atoms with Crippen molar-refractivity contribution in [3.05, 3.63) is 88.4 Å². The third-order valence-corrected chi connectivity index (χ3v) is 8.47. The molecular weight excluding hydrogens is 582 g/mol. The summed E-state index contributed by atoms with van der Waals surface area (Å²) >= 11 is 3.45. The van der Waals surface area contributed by atoms with Gasteiger partial charge in [0.1, 0.15) is 18.3 Å².